The Hall–Kier alpha value is -3.32. The monoisotopic (exact) mass is 470 g/mol. The van der Waals surface area contributed by atoms with Crippen molar-refractivity contribution >= 4 is 28.5 Å². The molecule has 168 valence electrons. The van der Waals surface area contributed by atoms with E-state index in [1.807, 2.05) is 0 Å². The van der Waals surface area contributed by atoms with Crippen molar-refractivity contribution in [2.45, 2.75) is 29.3 Å². The fourth-order valence-electron chi connectivity index (χ4n) is 3.85. The number of alkyl halides is 3. The summed E-state index contributed by atoms with van der Waals surface area (Å²) >= 11 is 1.01. The largest absolute Gasteiger partial charge is 0.481 e. The molecule has 33 heavy (non-hydrogen) atoms. The van der Waals surface area contributed by atoms with Gasteiger partial charge in [-0.15, -0.1) is 0 Å². The zero-order valence-corrected chi connectivity index (χ0v) is 18.2. The van der Waals surface area contributed by atoms with Gasteiger partial charge in [0.1, 0.15) is 5.82 Å². The summed E-state index contributed by atoms with van der Waals surface area (Å²) in [6, 6.07) is 18.4. The summed E-state index contributed by atoms with van der Waals surface area (Å²) in [5.41, 5.74) is 2.07. The lowest BCUT2D eigenvalue weighted by molar-refractivity contribution is -0.140. The van der Waals surface area contributed by atoms with E-state index in [-0.39, 0.29) is 11.3 Å². The Morgan fingerprint density at radius 2 is 1.67 bits per heavy atom. The van der Waals surface area contributed by atoms with Crippen LogP contribution < -0.4 is 0 Å². The number of halogens is 4. The molecule has 0 spiro atoms. The third kappa shape index (κ3) is 4.88. The predicted octanol–water partition coefficient (Wildman–Crippen LogP) is 7.75. The quantitative estimate of drug-likeness (QED) is 0.303. The molecule has 0 unspecified atom stereocenters. The minimum Gasteiger partial charge on any atom is -0.481 e. The molecular weight excluding hydrogens is 452 g/mol. The third-order valence-corrected chi connectivity index (χ3v) is 6.46. The minimum atomic E-state index is -4.45. The molecule has 0 aromatic heterocycles. The van der Waals surface area contributed by atoms with Crippen LogP contribution in [0.5, 0.6) is 0 Å². The molecule has 0 heterocycles. The lowest BCUT2D eigenvalue weighted by atomic mass is 9.89. The highest BCUT2D eigenvalue weighted by Crippen LogP contribution is 2.41. The molecule has 4 aromatic rings. The van der Waals surface area contributed by atoms with E-state index in [0.717, 1.165) is 29.0 Å². The van der Waals surface area contributed by atoms with Crippen LogP contribution in [0.1, 0.15) is 16.7 Å². The third-order valence-electron chi connectivity index (χ3n) is 5.38. The van der Waals surface area contributed by atoms with Crippen molar-refractivity contribution in [2.24, 2.45) is 0 Å². The maximum atomic E-state index is 14.0. The number of carbonyl (C=O) groups is 1. The Labute approximate surface area is 191 Å². The number of carboxylic acids is 1. The Morgan fingerprint density at radius 3 is 2.33 bits per heavy atom. The van der Waals surface area contributed by atoms with Crippen molar-refractivity contribution in [3.63, 3.8) is 0 Å². The van der Waals surface area contributed by atoms with Gasteiger partial charge in [-0.3, -0.25) is 4.79 Å². The number of rotatable bonds is 5. The zero-order valence-electron chi connectivity index (χ0n) is 17.4. The van der Waals surface area contributed by atoms with E-state index in [0.29, 0.717) is 26.8 Å². The van der Waals surface area contributed by atoms with Gasteiger partial charge in [-0.05, 0) is 76.3 Å². The highest BCUT2D eigenvalue weighted by molar-refractivity contribution is 7.99. The van der Waals surface area contributed by atoms with E-state index in [1.165, 1.54) is 24.3 Å². The van der Waals surface area contributed by atoms with Gasteiger partial charge in [-0.25, -0.2) is 4.39 Å². The van der Waals surface area contributed by atoms with E-state index in [4.69, 9.17) is 0 Å². The fraction of sp³-hybridized carbons (Fsp3) is 0.115. The molecular formula is C26H18F4O2S. The highest BCUT2D eigenvalue weighted by Gasteiger charge is 2.33. The molecule has 0 fully saturated rings. The first-order valence-electron chi connectivity index (χ1n) is 10.0. The Kier molecular flexibility index (Phi) is 6.17. The Bertz CT molecular complexity index is 1350. The van der Waals surface area contributed by atoms with Crippen molar-refractivity contribution in [1.82, 2.24) is 0 Å². The van der Waals surface area contributed by atoms with E-state index in [1.54, 1.807) is 49.4 Å². The van der Waals surface area contributed by atoms with Crippen LogP contribution in [0.4, 0.5) is 17.6 Å². The van der Waals surface area contributed by atoms with Crippen molar-refractivity contribution in [3.8, 4) is 11.1 Å². The van der Waals surface area contributed by atoms with Crippen LogP contribution in [0.3, 0.4) is 0 Å². The first-order valence-corrected chi connectivity index (χ1v) is 10.8. The average molecular weight is 470 g/mol. The molecule has 0 amide bonds. The number of hydrogen-bond acceptors (Lipinski definition) is 2. The highest BCUT2D eigenvalue weighted by atomic mass is 32.2. The number of carboxylic acid groups (broad SMARTS) is 1. The molecule has 0 aliphatic rings. The number of hydrogen-bond donors (Lipinski definition) is 1. The molecule has 4 aromatic carbocycles. The maximum absolute atomic E-state index is 14.0. The van der Waals surface area contributed by atoms with Gasteiger partial charge in [0.2, 0.25) is 0 Å². The number of fused-ring (bicyclic) bond motifs is 1. The van der Waals surface area contributed by atoms with Gasteiger partial charge in [0, 0.05) is 9.79 Å². The van der Waals surface area contributed by atoms with Gasteiger partial charge in [-0.2, -0.15) is 13.2 Å². The van der Waals surface area contributed by atoms with Crippen LogP contribution in [-0.4, -0.2) is 11.1 Å². The minimum absolute atomic E-state index is 0.102. The predicted molar refractivity (Wildman–Crippen MR) is 121 cm³/mol. The lowest BCUT2D eigenvalue weighted by Gasteiger charge is -2.16. The van der Waals surface area contributed by atoms with E-state index in [2.05, 4.69) is 0 Å². The standard InChI is InChI=1S/C26H18F4O2S/c1-15-18(13-24(31)32)12-17-6-9-19(27)14-21(17)25(15)16-7-10-20(11-8-16)33-23-5-3-2-4-22(23)26(28,29)30/h2-12,14H,13H2,1H3,(H,31,32). The van der Waals surface area contributed by atoms with Crippen molar-refractivity contribution in [2.75, 3.05) is 0 Å². The second-order valence-corrected chi connectivity index (χ2v) is 8.71. The van der Waals surface area contributed by atoms with Crippen LogP contribution in [0.2, 0.25) is 0 Å². The number of benzene rings is 4. The molecule has 1 N–H and O–H groups in total. The van der Waals surface area contributed by atoms with Gasteiger partial charge in [0.05, 0.1) is 12.0 Å². The lowest BCUT2D eigenvalue weighted by Crippen LogP contribution is -2.06. The topological polar surface area (TPSA) is 37.3 Å². The molecule has 0 bridgehead atoms. The van der Waals surface area contributed by atoms with Crippen LogP contribution in [0, 0.1) is 12.7 Å². The summed E-state index contributed by atoms with van der Waals surface area (Å²) in [6.45, 7) is 1.79. The summed E-state index contributed by atoms with van der Waals surface area (Å²) in [7, 11) is 0. The smallest absolute Gasteiger partial charge is 0.417 e. The molecule has 2 nitrogen and oxygen atoms in total. The van der Waals surface area contributed by atoms with Gasteiger partial charge in [0.25, 0.3) is 0 Å². The van der Waals surface area contributed by atoms with Gasteiger partial charge in [0.15, 0.2) is 0 Å². The Morgan fingerprint density at radius 1 is 0.970 bits per heavy atom. The first kappa shape index (κ1) is 22.9. The summed E-state index contributed by atoms with van der Waals surface area (Å²) in [5.74, 6) is -1.38. The van der Waals surface area contributed by atoms with Crippen LogP contribution in [-0.2, 0) is 17.4 Å². The second-order valence-electron chi connectivity index (χ2n) is 7.59. The summed E-state index contributed by atoms with van der Waals surface area (Å²) < 4.78 is 53.9. The van der Waals surface area contributed by atoms with E-state index < -0.39 is 23.5 Å². The Balaban J connectivity index is 1.77. The van der Waals surface area contributed by atoms with Crippen molar-refractivity contribution in [3.05, 3.63) is 95.3 Å². The molecule has 7 heteroatoms. The molecule has 4 rings (SSSR count). The van der Waals surface area contributed by atoms with Gasteiger partial charge >= 0.3 is 12.1 Å². The molecule has 0 aliphatic heterocycles. The van der Waals surface area contributed by atoms with E-state index >= 15 is 0 Å². The summed E-state index contributed by atoms with van der Waals surface area (Å²) in [5, 5.41) is 10.6. The summed E-state index contributed by atoms with van der Waals surface area (Å²) in [4.78, 5) is 12.1. The van der Waals surface area contributed by atoms with Gasteiger partial charge < -0.3 is 5.11 Å². The molecule has 0 saturated heterocycles. The fourth-order valence-corrected chi connectivity index (χ4v) is 4.82. The SMILES string of the molecule is Cc1c(CC(=O)O)cc2ccc(F)cc2c1-c1ccc(Sc2ccccc2C(F)(F)F)cc1. The molecule has 0 aliphatic carbocycles. The van der Waals surface area contributed by atoms with Crippen molar-refractivity contribution in [1.29, 1.82) is 0 Å². The normalized spacial score (nSPS) is 11.7. The molecule has 0 saturated carbocycles. The van der Waals surface area contributed by atoms with Gasteiger partial charge in [-0.1, -0.05) is 48.2 Å². The van der Waals surface area contributed by atoms with E-state index in [9.17, 15) is 27.5 Å². The van der Waals surface area contributed by atoms with Crippen LogP contribution in [0.25, 0.3) is 21.9 Å². The van der Waals surface area contributed by atoms with Crippen LogP contribution in [0.15, 0.2) is 82.6 Å². The zero-order chi connectivity index (χ0) is 23.8. The molecule has 0 atom stereocenters. The maximum Gasteiger partial charge on any atom is 0.417 e. The molecule has 0 radical (unpaired) electrons. The van der Waals surface area contributed by atoms with Crippen molar-refractivity contribution < 1.29 is 27.5 Å². The first-order chi connectivity index (χ1) is 15.6. The average Bonchev–Trinajstić information content (AvgIpc) is 2.75. The summed E-state index contributed by atoms with van der Waals surface area (Å²) in [6.07, 6.45) is -4.62. The van der Waals surface area contributed by atoms with Crippen LogP contribution >= 0.6 is 11.8 Å². The second kappa shape index (κ2) is 8.90. The number of aliphatic carboxylic acids is 1.